The largest absolute Gasteiger partial charge is 0.396 e. The Kier molecular flexibility index (Phi) is 5.23. The van der Waals surface area contributed by atoms with E-state index >= 15 is 0 Å². The Hall–Kier alpha value is 0.0700. The number of Topliss-reactive ketones (excluding diaryl/α,β-unsaturated/α-hetero) is 1. The monoisotopic (exact) mass is 400 g/mol. The van der Waals surface area contributed by atoms with E-state index in [-0.39, 0.29) is 34.3 Å². The van der Waals surface area contributed by atoms with Crippen molar-refractivity contribution in [1.82, 2.24) is 0 Å². The molecule has 8 atom stereocenters. The van der Waals surface area contributed by atoms with E-state index < -0.39 is 0 Å². The lowest BCUT2D eigenvalue weighted by atomic mass is 9.51. The van der Waals surface area contributed by atoms with Crippen molar-refractivity contribution in [3.63, 3.8) is 0 Å². The number of ketones is 1. The molecule has 138 valence electrons. The van der Waals surface area contributed by atoms with Gasteiger partial charge in [0, 0.05) is 12.0 Å². The molecule has 0 bridgehead atoms. The van der Waals surface area contributed by atoms with Crippen LogP contribution in [0.5, 0.6) is 0 Å². The number of rotatable bonds is 2. The molecule has 3 aliphatic carbocycles. The van der Waals surface area contributed by atoms with Gasteiger partial charge in [-0.3, -0.25) is 4.79 Å². The number of halogens is 1. The molecule has 3 saturated carbocycles. The summed E-state index contributed by atoms with van der Waals surface area (Å²) in [6, 6.07) is 0. The highest BCUT2D eigenvalue weighted by Gasteiger charge is 2.59. The lowest BCUT2D eigenvalue weighted by Crippen LogP contribution is -2.48. The van der Waals surface area contributed by atoms with Crippen molar-refractivity contribution in [3.05, 3.63) is 0 Å². The number of carbonyl (C=O) groups is 1. The van der Waals surface area contributed by atoms with Crippen LogP contribution in [-0.4, -0.2) is 33.5 Å². The number of alkyl halides is 1. The first-order valence-electron chi connectivity index (χ1n) is 9.71. The van der Waals surface area contributed by atoms with Crippen molar-refractivity contribution >= 4 is 21.7 Å². The summed E-state index contributed by atoms with van der Waals surface area (Å²) in [5.41, 5.74) is -0.0974. The first-order chi connectivity index (χ1) is 11.2. The molecule has 3 rings (SSSR count). The molecule has 3 nitrogen and oxygen atoms in total. The maximum atomic E-state index is 12.7. The number of hydrogen-bond donors (Lipinski definition) is 2. The summed E-state index contributed by atoms with van der Waals surface area (Å²) in [7, 11) is 0. The van der Waals surface area contributed by atoms with Gasteiger partial charge < -0.3 is 10.2 Å². The van der Waals surface area contributed by atoms with Crippen molar-refractivity contribution in [3.8, 4) is 0 Å². The number of aliphatic hydroxyl groups excluding tert-OH is 2. The van der Waals surface area contributed by atoms with Crippen LogP contribution >= 0.6 is 15.9 Å². The summed E-state index contributed by atoms with van der Waals surface area (Å²) in [5, 5.41) is 20.2. The smallest absolute Gasteiger partial charge is 0.152 e. The Morgan fingerprint density at radius 3 is 2.54 bits per heavy atom. The highest BCUT2D eigenvalue weighted by molar-refractivity contribution is 9.10. The SMILES string of the molecule is CC1C2C[C@@H](Br)C(=O)[C@@]2(C)CCC1[C@@]1(C)CCC[C@H](O)C[C@H]1CO. The van der Waals surface area contributed by atoms with Crippen LogP contribution in [-0.2, 0) is 4.79 Å². The van der Waals surface area contributed by atoms with Crippen LogP contribution in [0, 0.1) is 34.5 Å². The normalized spacial score (nSPS) is 52.8. The van der Waals surface area contributed by atoms with Crippen LogP contribution in [0.25, 0.3) is 0 Å². The lowest BCUT2D eigenvalue weighted by molar-refractivity contribution is -0.132. The summed E-state index contributed by atoms with van der Waals surface area (Å²) >= 11 is 3.61. The van der Waals surface area contributed by atoms with Crippen molar-refractivity contribution < 1.29 is 15.0 Å². The minimum Gasteiger partial charge on any atom is -0.396 e. The molecule has 4 heteroatoms. The van der Waals surface area contributed by atoms with Gasteiger partial charge in [0.15, 0.2) is 5.78 Å². The number of carbonyl (C=O) groups excluding carboxylic acids is 1. The maximum Gasteiger partial charge on any atom is 0.152 e. The average Bonchev–Trinajstić information content (AvgIpc) is 2.68. The van der Waals surface area contributed by atoms with Gasteiger partial charge in [0.25, 0.3) is 0 Å². The third-order valence-electron chi connectivity index (χ3n) is 8.18. The van der Waals surface area contributed by atoms with E-state index in [0.717, 1.165) is 44.9 Å². The fourth-order valence-corrected chi connectivity index (χ4v) is 7.50. The van der Waals surface area contributed by atoms with Gasteiger partial charge in [0.05, 0.1) is 10.9 Å². The molecule has 0 saturated heterocycles. The molecule has 0 aliphatic heterocycles. The van der Waals surface area contributed by atoms with Gasteiger partial charge in [-0.1, -0.05) is 43.1 Å². The topological polar surface area (TPSA) is 57.5 Å². The minimum absolute atomic E-state index is 0.0195. The van der Waals surface area contributed by atoms with Crippen molar-refractivity contribution in [2.24, 2.45) is 34.5 Å². The Morgan fingerprint density at radius 2 is 1.88 bits per heavy atom. The van der Waals surface area contributed by atoms with E-state index in [1.54, 1.807) is 0 Å². The van der Waals surface area contributed by atoms with E-state index in [1.165, 1.54) is 0 Å². The predicted molar refractivity (Wildman–Crippen MR) is 99.0 cm³/mol. The molecule has 0 spiro atoms. The van der Waals surface area contributed by atoms with Crippen molar-refractivity contribution in [2.75, 3.05) is 6.61 Å². The molecule has 24 heavy (non-hydrogen) atoms. The molecule has 3 fully saturated rings. The molecule has 2 N–H and O–H groups in total. The zero-order chi connectivity index (χ0) is 17.7. The van der Waals surface area contributed by atoms with Crippen LogP contribution in [0.2, 0.25) is 0 Å². The highest BCUT2D eigenvalue weighted by atomic mass is 79.9. The second kappa shape index (κ2) is 6.66. The van der Waals surface area contributed by atoms with Gasteiger partial charge in [-0.15, -0.1) is 0 Å². The third kappa shape index (κ3) is 2.81. The lowest BCUT2D eigenvalue weighted by Gasteiger charge is -2.53. The van der Waals surface area contributed by atoms with Crippen LogP contribution < -0.4 is 0 Å². The molecule has 0 heterocycles. The molecule has 0 aromatic rings. The summed E-state index contributed by atoms with van der Waals surface area (Å²) in [6.07, 6.45) is 6.43. The standard InChI is InChI=1S/C20H33BrO3/c1-12-15(6-8-20(3)16(12)10-17(21)18(20)24)19(2)7-4-5-14(23)9-13(19)11-22/h12-17,22-23H,4-11H2,1-3H3/t12?,13-,14-,15?,16?,17+,19-,20-/m0/s1. The first-order valence-corrected chi connectivity index (χ1v) is 10.6. The van der Waals surface area contributed by atoms with Gasteiger partial charge >= 0.3 is 0 Å². The van der Waals surface area contributed by atoms with Gasteiger partial charge in [0.2, 0.25) is 0 Å². The summed E-state index contributed by atoms with van der Waals surface area (Å²) in [5.74, 6) is 2.03. The van der Waals surface area contributed by atoms with Gasteiger partial charge in [-0.25, -0.2) is 0 Å². The second-order valence-electron chi connectivity index (χ2n) is 9.26. The van der Waals surface area contributed by atoms with E-state index in [0.29, 0.717) is 23.5 Å². The van der Waals surface area contributed by atoms with Crippen LogP contribution in [0.3, 0.4) is 0 Å². The quantitative estimate of drug-likeness (QED) is 0.544. The Morgan fingerprint density at radius 1 is 1.17 bits per heavy atom. The molecule has 0 aromatic carbocycles. The third-order valence-corrected chi connectivity index (χ3v) is 8.97. The molecular formula is C20H33BrO3. The van der Waals surface area contributed by atoms with E-state index in [4.69, 9.17) is 0 Å². The molecule has 3 aliphatic rings. The fraction of sp³-hybridized carbons (Fsp3) is 0.950. The molecule has 3 unspecified atom stereocenters. The Labute approximate surface area is 154 Å². The van der Waals surface area contributed by atoms with E-state index in [9.17, 15) is 15.0 Å². The fourth-order valence-electron chi connectivity index (χ4n) is 6.57. The summed E-state index contributed by atoms with van der Waals surface area (Å²) < 4.78 is 0. The van der Waals surface area contributed by atoms with Crippen molar-refractivity contribution in [1.29, 1.82) is 0 Å². The van der Waals surface area contributed by atoms with Gasteiger partial charge in [0.1, 0.15) is 0 Å². The number of aliphatic hydroxyl groups is 2. The second-order valence-corrected chi connectivity index (χ2v) is 10.4. The maximum absolute atomic E-state index is 12.7. The minimum atomic E-state index is -0.270. The van der Waals surface area contributed by atoms with Crippen LogP contribution in [0.1, 0.15) is 65.7 Å². The summed E-state index contributed by atoms with van der Waals surface area (Å²) in [6.45, 7) is 7.03. The molecular weight excluding hydrogens is 368 g/mol. The Bertz CT molecular complexity index is 495. The van der Waals surface area contributed by atoms with Gasteiger partial charge in [-0.05, 0) is 67.6 Å². The number of fused-ring (bicyclic) bond motifs is 1. The van der Waals surface area contributed by atoms with Crippen molar-refractivity contribution in [2.45, 2.75) is 76.6 Å². The zero-order valence-corrected chi connectivity index (χ0v) is 16.9. The molecule has 0 amide bonds. The van der Waals surface area contributed by atoms with E-state index in [1.807, 2.05) is 0 Å². The van der Waals surface area contributed by atoms with Crippen LogP contribution in [0.15, 0.2) is 0 Å². The highest BCUT2D eigenvalue weighted by Crippen LogP contribution is 2.61. The summed E-state index contributed by atoms with van der Waals surface area (Å²) in [4.78, 5) is 12.7. The first kappa shape index (κ1) is 18.8. The predicted octanol–water partition coefficient (Wildman–Crippen LogP) is 3.94. The van der Waals surface area contributed by atoms with E-state index in [2.05, 4.69) is 36.7 Å². The van der Waals surface area contributed by atoms with Crippen LogP contribution in [0.4, 0.5) is 0 Å². The molecule has 0 aromatic heterocycles. The number of hydrogen-bond acceptors (Lipinski definition) is 3. The average molecular weight is 401 g/mol. The molecule has 0 radical (unpaired) electrons. The van der Waals surface area contributed by atoms with Gasteiger partial charge in [-0.2, -0.15) is 0 Å². The Balaban J connectivity index is 1.88. The zero-order valence-electron chi connectivity index (χ0n) is 15.3.